The number of rotatable bonds is 5. The summed E-state index contributed by atoms with van der Waals surface area (Å²) in [7, 11) is 0. The van der Waals surface area contributed by atoms with Gasteiger partial charge in [-0.25, -0.2) is 0 Å². The smallest absolute Gasteiger partial charge is 0.119 e. The molecule has 1 unspecified atom stereocenters. The van der Waals surface area contributed by atoms with Gasteiger partial charge in [-0.2, -0.15) is 0 Å². The van der Waals surface area contributed by atoms with Crippen molar-refractivity contribution in [2.45, 2.75) is 31.8 Å². The number of aryl methyl sites for hydroxylation is 2. The Bertz CT molecular complexity index is 698. The first-order valence-corrected chi connectivity index (χ1v) is 8.55. The second kappa shape index (κ2) is 6.25. The quantitative estimate of drug-likeness (QED) is 0.921. The maximum atomic E-state index is 10.3. The number of nitrogens with zero attached hydrogens (tertiary/aromatic N) is 1. The fourth-order valence-electron chi connectivity index (χ4n) is 3.73. The van der Waals surface area contributed by atoms with Crippen LogP contribution in [0.4, 0.5) is 5.69 Å². The molecule has 120 valence electrons. The van der Waals surface area contributed by atoms with E-state index in [-0.39, 0.29) is 0 Å². The second-order valence-corrected chi connectivity index (χ2v) is 6.57. The van der Waals surface area contributed by atoms with Crippen LogP contribution in [-0.4, -0.2) is 30.9 Å². The predicted octanol–water partition coefficient (Wildman–Crippen LogP) is 2.98. The first-order chi connectivity index (χ1) is 11.3. The summed E-state index contributed by atoms with van der Waals surface area (Å²) in [5.41, 5.74) is 5.49. The molecular weight excluding hydrogens is 286 g/mol. The van der Waals surface area contributed by atoms with Gasteiger partial charge in [0.15, 0.2) is 0 Å². The van der Waals surface area contributed by atoms with Gasteiger partial charge in [0.2, 0.25) is 0 Å². The Morgan fingerprint density at radius 3 is 2.83 bits per heavy atom. The van der Waals surface area contributed by atoms with Crippen molar-refractivity contribution in [2.75, 3.05) is 24.6 Å². The van der Waals surface area contributed by atoms with Gasteiger partial charge < -0.3 is 14.7 Å². The van der Waals surface area contributed by atoms with Crippen molar-refractivity contribution in [3.8, 4) is 5.75 Å². The largest absolute Gasteiger partial charge is 0.491 e. The highest BCUT2D eigenvalue weighted by Gasteiger charge is 2.21. The third-order valence-electron chi connectivity index (χ3n) is 4.93. The molecule has 1 aliphatic carbocycles. The number of benzene rings is 2. The molecule has 0 aromatic heterocycles. The van der Waals surface area contributed by atoms with E-state index in [4.69, 9.17) is 4.74 Å². The molecule has 2 aromatic rings. The highest BCUT2D eigenvalue weighted by molar-refractivity contribution is 5.57. The average molecular weight is 309 g/mol. The number of aliphatic hydroxyl groups is 1. The van der Waals surface area contributed by atoms with E-state index in [1.54, 1.807) is 0 Å². The molecule has 1 heterocycles. The number of aliphatic hydroxyl groups excluding tert-OH is 1. The Labute approximate surface area is 137 Å². The molecule has 3 nitrogen and oxygen atoms in total. The Morgan fingerprint density at radius 2 is 1.87 bits per heavy atom. The third kappa shape index (κ3) is 3.06. The van der Waals surface area contributed by atoms with Crippen molar-refractivity contribution in [1.82, 2.24) is 0 Å². The van der Waals surface area contributed by atoms with Gasteiger partial charge in [0.1, 0.15) is 18.5 Å². The van der Waals surface area contributed by atoms with Crippen molar-refractivity contribution in [2.24, 2.45) is 0 Å². The maximum Gasteiger partial charge on any atom is 0.119 e. The van der Waals surface area contributed by atoms with Gasteiger partial charge in [-0.05, 0) is 60.6 Å². The number of para-hydroxylation sites is 1. The average Bonchev–Trinajstić information content (AvgIpc) is 3.20. The summed E-state index contributed by atoms with van der Waals surface area (Å²) in [6.07, 6.45) is 4.17. The van der Waals surface area contributed by atoms with Crippen molar-refractivity contribution in [3.05, 3.63) is 59.2 Å². The standard InChI is InChI=1S/C20H23NO2/c22-18(13-21-11-10-16-4-1-2-7-20(16)21)14-23-19-9-8-15-5-3-6-17(15)12-19/h1-2,4,7-9,12,18,22H,3,5-6,10-11,13-14H2. The highest BCUT2D eigenvalue weighted by atomic mass is 16.5. The van der Waals surface area contributed by atoms with Crippen LogP contribution in [0.3, 0.4) is 0 Å². The first-order valence-electron chi connectivity index (χ1n) is 8.55. The van der Waals surface area contributed by atoms with Crippen molar-refractivity contribution < 1.29 is 9.84 Å². The highest BCUT2D eigenvalue weighted by Crippen LogP contribution is 2.28. The lowest BCUT2D eigenvalue weighted by Crippen LogP contribution is -2.34. The van der Waals surface area contributed by atoms with E-state index < -0.39 is 6.10 Å². The fourth-order valence-corrected chi connectivity index (χ4v) is 3.73. The van der Waals surface area contributed by atoms with Gasteiger partial charge in [0, 0.05) is 18.8 Å². The van der Waals surface area contributed by atoms with E-state index in [0.717, 1.165) is 25.1 Å². The molecule has 0 spiro atoms. The molecule has 1 atom stereocenters. The Hall–Kier alpha value is -2.00. The van der Waals surface area contributed by atoms with Crippen LogP contribution in [0.1, 0.15) is 23.1 Å². The van der Waals surface area contributed by atoms with Gasteiger partial charge in [0.05, 0.1) is 0 Å². The second-order valence-electron chi connectivity index (χ2n) is 6.57. The van der Waals surface area contributed by atoms with Crippen molar-refractivity contribution in [1.29, 1.82) is 0 Å². The number of hydrogen-bond donors (Lipinski definition) is 1. The summed E-state index contributed by atoms with van der Waals surface area (Å²) in [4.78, 5) is 2.26. The predicted molar refractivity (Wildman–Crippen MR) is 92.3 cm³/mol. The monoisotopic (exact) mass is 309 g/mol. The summed E-state index contributed by atoms with van der Waals surface area (Å²) >= 11 is 0. The zero-order valence-electron chi connectivity index (χ0n) is 13.4. The molecule has 0 saturated heterocycles. The maximum absolute atomic E-state index is 10.3. The van der Waals surface area contributed by atoms with E-state index in [1.807, 2.05) is 6.07 Å². The van der Waals surface area contributed by atoms with E-state index in [0.29, 0.717) is 13.2 Å². The van der Waals surface area contributed by atoms with Crippen molar-refractivity contribution >= 4 is 5.69 Å². The zero-order chi connectivity index (χ0) is 15.6. The van der Waals surface area contributed by atoms with Crippen molar-refractivity contribution in [3.63, 3.8) is 0 Å². The molecule has 0 amide bonds. The van der Waals surface area contributed by atoms with Crippen LogP contribution >= 0.6 is 0 Å². The Kier molecular flexibility index (Phi) is 3.96. The van der Waals surface area contributed by atoms with Crippen LogP contribution in [0.5, 0.6) is 5.75 Å². The zero-order valence-corrected chi connectivity index (χ0v) is 13.4. The topological polar surface area (TPSA) is 32.7 Å². The summed E-state index contributed by atoms with van der Waals surface area (Å²) in [6, 6.07) is 14.8. The Morgan fingerprint density at radius 1 is 1.00 bits per heavy atom. The number of hydrogen-bond acceptors (Lipinski definition) is 3. The van der Waals surface area contributed by atoms with E-state index in [2.05, 4.69) is 41.3 Å². The summed E-state index contributed by atoms with van der Waals surface area (Å²) in [6.45, 7) is 1.95. The summed E-state index contributed by atoms with van der Waals surface area (Å²) in [5, 5.41) is 10.3. The minimum atomic E-state index is -0.477. The van der Waals surface area contributed by atoms with Crippen LogP contribution in [-0.2, 0) is 19.3 Å². The minimum Gasteiger partial charge on any atom is -0.491 e. The molecule has 3 heteroatoms. The molecule has 0 bridgehead atoms. The normalized spacial score (nSPS) is 17.0. The Balaban J connectivity index is 1.33. The van der Waals surface area contributed by atoms with Crippen LogP contribution in [0.15, 0.2) is 42.5 Å². The number of fused-ring (bicyclic) bond motifs is 2. The molecule has 0 fully saturated rings. The number of ether oxygens (including phenoxy) is 1. The molecule has 2 aliphatic rings. The molecule has 0 radical (unpaired) electrons. The molecule has 4 rings (SSSR count). The number of anilines is 1. The van der Waals surface area contributed by atoms with Gasteiger partial charge in [-0.1, -0.05) is 24.3 Å². The third-order valence-corrected chi connectivity index (χ3v) is 4.93. The van der Waals surface area contributed by atoms with Crippen LogP contribution in [0, 0.1) is 0 Å². The molecule has 1 aliphatic heterocycles. The lowest BCUT2D eigenvalue weighted by Gasteiger charge is -2.23. The van der Waals surface area contributed by atoms with Gasteiger partial charge in [-0.3, -0.25) is 0 Å². The molecule has 0 saturated carbocycles. The van der Waals surface area contributed by atoms with Gasteiger partial charge in [0.25, 0.3) is 0 Å². The fraction of sp³-hybridized carbons (Fsp3) is 0.400. The molecular formula is C20H23NO2. The van der Waals surface area contributed by atoms with Gasteiger partial charge >= 0.3 is 0 Å². The molecule has 23 heavy (non-hydrogen) atoms. The van der Waals surface area contributed by atoms with E-state index >= 15 is 0 Å². The van der Waals surface area contributed by atoms with Crippen LogP contribution in [0.2, 0.25) is 0 Å². The lowest BCUT2D eigenvalue weighted by molar-refractivity contribution is 0.112. The molecule has 2 aromatic carbocycles. The summed E-state index contributed by atoms with van der Waals surface area (Å²) < 4.78 is 5.81. The molecule has 1 N–H and O–H groups in total. The van der Waals surface area contributed by atoms with Crippen LogP contribution in [0.25, 0.3) is 0 Å². The lowest BCUT2D eigenvalue weighted by atomic mass is 10.1. The SMILES string of the molecule is OC(COc1ccc2c(c1)CCC2)CN1CCc2ccccc21. The first kappa shape index (κ1) is 14.6. The van der Waals surface area contributed by atoms with Crippen LogP contribution < -0.4 is 9.64 Å². The summed E-state index contributed by atoms with van der Waals surface area (Å²) in [5.74, 6) is 0.881. The van der Waals surface area contributed by atoms with E-state index in [1.165, 1.54) is 35.2 Å². The number of β-amino-alcohol motifs (C(OH)–C–C–N with tert-alkyl or cyclic N) is 1. The minimum absolute atomic E-state index is 0.345. The van der Waals surface area contributed by atoms with Gasteiger partial charge in [-0.15, -0.1) is 0 Å². The van der Waals surface area contributed by atoms with E-state index in [9.17, 15) is 5.11 Å².